The summed E-state index contributed by atoms with van der Waals surface area (Å²) in [5, 5.41) is 3.08. The molecule has 2 aromatic carbocycles. The summed E-state index contributed by atoms with van der Waals surface area (Å²) >= 11 is 0. The molecule has 8 heteroatoms. The van der Waals surface area contributed by atoms with Gasteiger partial charge < -0.3 is 10.2 Å². The molecule has 1 aliphatic carbocycles. The van der Waals surface area contributed by atoms with Gasteiger partial charge in [-0.05, 0) is 57.2 Å². The van der Waals surface area contributed by atoms with Crippen LogP contribution in [0.25, 0.3) is 0 Å². The molecule has 1 atom stereocenters. The van der Waals surface area contributed by atoms with E-state index < -0.39 is 22.0 Å². The van der Waals surface area contributed by atoms with Crippen molar-refractivity contribution in [1.29, 1.82) is 0 Å². The number of nitrogens with one attached hydrogen (secondary N) is 1. The van der Waals surface area contributed by atoms with E-state index in [-0.39, 0.29) is 25.0 Å². The fourth-order valence-corrected chi connectivity index (χ4v) is 5.72. The van der Waals surface area contributed by atoms with E-state index in [4.69, 9.17) is 0 Å². The third-order valence-corrected chi connectivity index (χ3v) is 7.78. The number of aryl methyl sites for hydroxylation is 3. The van der Waals surface area contributed by atoms with E-state index >= 15 is 0 Å². The quantitative estimate of drug-likeness (QED) is 0.568. The van der Waals surface area contributed by atoms with Gasteiger partial charge in [0.1, 0.15) is 12.6 Å². The van der Waals surface area contributed by atoms with E-state index in [9.17, 15) is 18.0 Å². The van der Waals surface area contributed by atoms with Gasteiger partial charge in [0.05, 0.1) is 11.9 Å². The Bertz CT molecular complexity index is 1150. The minimum Gasteiger partial charge on any atom is -0.352 e. The fourth-order valence-electron chi connectivity index (χ4n) is 4.76. The maximum absolute atomic E-state index is 13.7. The Labute approximate surface area is 209 Å². The number of hydrogen-bond acceptors (Lipinski definition) is 4. The number of anilines is 1. The third kappa shape index (κ3) is 6.84. The Morgan fingerprint density at radius 2 is 1.63 bits per heavy atom. The summed E-state index contributed by atoms with van der Waals surface area (Å²) in [6, 6.07) is 12.7. The molecule has 0 aliphatic heterocycles. The van der Waals surface area contributed by atoms with Gasteiger partial charge in [-0.25, -0.2) is 8.42 Å². The lowest BCUT2D eigenvalue weighted by molar-refractivity contribution is -0.139. The molecule has 1 N–H and O–H groups in total. The molecule has 1 saturated carbocycles. The van der Waals surface area contributed by atoms with Gasteiger partial charge in [-0.15, -0.1) is 0 Å². The van der Waals surface area contributed by atoms with Gasteiger partial charge in [-0.1, -0.05) is 60.9 Å². The fraction of sp³-hybridized carbons (Fsp3) is 0.481. The number of hydrogen-bond donors (Lipinski definition) is 1. The lowest BCUT2D eigenvalue weighted by Crippen LogP contribution is -2.52. The predicted molar refractivity (Wildman–Crippen MR) is 140 cm³/mol. The molecular weight excluding hydrogens is 462 g/mol. The highest BCUT2D eigenvalue weighted by Crippen LogP contribution is 2.27. The summed E-state index contributed by atoms with van der Waals surface area (Å²) < 4.78 is 26.8. The minimum absolute atomic E-state index is 0.128. The Hall–Kier alpha value is -2.87. The average Bonchev–Trinajstić information content (AvgIpc) is 3.28. The van der Waals surface area contributed by atoms with Gasteiger partial charge in [0.2, 0.25) is 21.8 Å². The lowest BCUT2D eigenvalue weighted by atomic mass is 10.1. The average molecular weight is 500 g/mol. The molecule has 0 spiro atoms. The zero-order valence-corrected chi connectivity index (χ0v) is 22.2. The first-order valence-electron chi connectivity index (χ1n) is 12.2. The number of amides is 2. The summed E-state index contributed by atoms with van der Waals surface area (Å²) in [5.41, 5.74) is 3.96. The third-order valence-electron chi connectivity index (χ3n) is 6.67. The molecule has 35 heavy (non-hydrogen) atoms. The van der Waals surface area contributed by atoms with Gasteiger partial charge >= 0.3 is 0 Å². The maximum Gasteiger partial charge on any atom is 0.244 e. The van der Waals surface area contributed by atoms with Crippen molar-refractivity contribution in [1.82, 2.24) is 10.2 Å². The highest BCUT2D eigenvalue weighted by molar-refractivity contribution is 7.92. The van der Waals surface area contributed by atoms with E-state index in [2.05, 4.69) is 5.32 Å². The normalized spacial score (nSPS) is 15.0. The van der Waals surface area contributed by atoms with Gasteiger partial charge in [0.15, 0.2) is 0 Å². The van der Waals surface area contributed by atoms with Crippen molar-refractivity contribution in [3.63, 3.8) is 0 Å². The highest BCUT2D eigenvalue weighted by atomic mass is 32.2. The summed E-state index contributed by atoms with van der Waals surface area (Å²) in [4.78, 5) is 28.3. The Kier molecular flexibility index (Phi) is 8.59. The molecule has 0 aromatic heterocycles. The summed E-state index contributed by atoms with van der Waals surface area (Å²) in [7, 11) is -3.75. The van der Waals surface area contributed by atoms with Crippen LogP contribution in [0.3, 0.4) is 0 Å². The minimum atomic E-state index is -3.75. The number of para-hydroxylation sites is 1. The van der Waals surface area contributed by atoms with Crippen molar-refractivity contribution in [2.45, 2.75) is 72.0 Å². The first-order valence-corrected chi connectivity index (χ1v) is 14.0. The monoisotopic (exact) mass is 499 g/mol. The van der Waals surface area contributed by atoms with E-state index in [1.165, 1.54) is 4.90 Å². The number of carbonyl (C=O) groups excluding carboxylic acids is 2. The Morgan fingerprint density at radius 3 is 2.20 bits per heavy atom. The van der Waals surface area contributed by atoms with Crippen molar-refractivity contribution >= 4 is 27.5 Å². The van der Waals surface area contributed by atoms with Gasteiger partial charge in [0.25, 0.3) is 0 Å². The number of carbonyl (C=O) groups is 2. The second-order valence-corrected chi connectivity index (χ2v) is 11.6. The first kappa shape index (κ1) is 26.7. The van der Waals surface area contributed by atoms with E-state index in [1.54, 1.807) is 6.92 Å². The van der Waals surface area contributed by atoms with Gasteiger partial charge in [-0.3, -0.25) is 13.9 Å². The maximum atomic E-state index is 13.7. The van der Waals surface area contributed by atoms with Crippen LogP contribution in [0, 0.1) is 20.8 Å². The van der Waals surface area contributed by atoms with Crippen molar-refractivity contribution in [2.24, 2.45) is 0 Å². The molecule has 0 heterocycles. The summed E-state index contributed by atoms with van der Waals surface area (Å²) in [5.74, 6) is -0.635. The lowest BCUT2D eigenvalue weighted by Gasteiger charge is -2.33. The molecule has 0 bridgehead atoms. The first-order chi connectivity index (χ1) is 16.5. The molecule has 7 nitrogen and oxygen atoms in total. The zero-order valence-electron chi connectivity index (χ0n) is 21.4. The SMILES string of the molecule is Cc1cccc(CN(C(=O)CN(c2c(C)cccc2C)S(C)(=O)=O)[C@@H](C)C(=O)NC2CCCC2)c1. The van der Waals surface area contributed by atoms with E-state index in [1.807, 2.05) is 63.2 Å². The number of nitrogens with zero attached hydrogens (tertiary/aromatic N) is 2. The molecule has 1 fully saturated rings. The van der Waals surface area contributed by atoms with Gasteiger partial charge in [-0.2, -0.15) is 0 Å². The van der Waals surface area contributed by atoms with Crippen LogP contribution in [0.4, 0.5) is 5.69 Å². The van der Waals surface area contributed by atoms with Crippen LogP contribution in [-0.4, -0.2) is 50.0 Å². The van der Waals surface area contributed by atoms with Crippen LogP contribution < -0.4 is 9.62 Å². The van der Waals surface area contributed by atoms with E-state index in [0.717, 1.165) is 58.5 Å². The molecule has 2 aromatic rings. The number of sulfonamides is 1. The standard InChI is InChI=1S/C27H37N3O4S/c1-19-10-8-13-23(16-19)17-29(22(4)27(32)28-24-14-6-7-15-24)25(31)18-30(35(5,33)34)26-20(2)11-9-12-21(26)3/h8-13,16,22,24H,6-7,14-15,17-18H2,1-5H3,(H,28,32)/t22-/m0/s1. The molecule has 0 radical (unpaired) electrons. The smallest absolute Gasteiger partial charge is 0.244 e. The second kappa shape index (κ2) is 11.2. The molecule has 0 unspecified atom stereocenters. The molecule has 2 amide bonds. The van der Waals surface area contributed by atoms with Crippen LogP contribution in [0.15, 0.2) is 42.5 Å². The van der Waals surface area contributed by atoms with Crippen LogP contribution in [0.5, 0.6) is 0 Å². The topological polar surface area (TPSA) is 86.8 Å². The molecule has 3 rings (SSSR count). The second-order valence-electron chi connectivity index (χ2n) is 9.69. The van der Waals surface area contributed by atoms with Crippen molar-refractivity contribution in [3.8, 4) is 0 Å². The van der Waals surface area contributed by atoms with Gasteiger partial charge in [0, 0.05) is 12.6 Å². The largest absolute Gasteiger partial charge is 0.352 e. The Morgan fingerprint density at radius 1 is 1.03 bits per heavy atom. The van der Waals surface area contributed by atoms with Crippen LogP contribution in [0.2, 0.25) is 0 Å². The Balaban J connectivity index is 1.92. The van der Waals surface area contributed by atoms with Crippen molar-refractivity contribution in [3.05, 3.63) is 64.7 Å². The van der Waals surface area contributed by atoms with Crippen molar-refractivity contribution in [2.75, 3.05) is 17.1 Å². The molecular formula is C27H37N3O4S. The van der Waals surface area contributed by atoms with Crippen molar-refractivity contribution < 1.29 is 18.0 Å². The predicted octanol–water partition coefficient (Wildman–Crippen LogP) is 3.85. The highest BCUT2D eigenvalue weighted by Gasteiger charge is 2.32. The number of benzene rings is 2. The zero-order chi connectivity index (χ0) is 25.8. The summed E-state index contributed by atoms with van der Waals surface area (Å²) in [6.07, 6.45) is 5.17. The van der Waals surface area contributed by atoms with Crippen LogP contribution in [-0.2, 0) is 26.2 Å². The summed E-state index contributed by atoms with van der Waals surface area (Å²) in [6.45, 7) is 7.17. The number of rotatable bonds is 9. The molecule has 0 saturated heterocycles. The molecule has 190 valence electrons. The molecule has 1 aliphatic rings. The van der Waals surface area contributed by atoms with E-state index in [0.29, 0.717) is 5.69 Å². The van der Waals surface area contributed by atoms with Crippen LogP contribution >= 0.6 is 0 Å². The van der Waals surface area contributed by atoms with Crippen LogP contribution in [0.1, 0.15) is 54.9 Å².